The normalized spacial score (nSPS) is 14.9. The van der Waals surface area contributed by atoms with Crippen LogP contribution in [0, 0.1) is 24.5 Å². The summed E-state index contributed by atoms with van der Waals surface area (Å²) in [5, 5.41) is 9.91. The first kappa shape index (κ1) is 13.1. The van der Waals surface area contributed by atoms with E-state index in [1.165, 1.54) is 19.1 Å². The Hall–Kier alpha value is -0.960. The standard InChI is InChI=1S/C13H18F2O/c1-4-5-9(3)13(16)10-7-6-8(2)11(14)12(10)15/h6-7,9,13,16H,4-5H2,1-3H3. The van der Waals surface area contributed by atoms with Gasteiger partial charge in [-0.05, 0) is 24.8 Å². The van der Waals surface area contributed by atoms with Gasteiger partial charge in [0.25, 0.3) is 0 Å². The van der Waals surface area contributed by atoms with E-state index in [1.807, 2.05) is 13.8 Å². The molecule has 1 N–H and O–H groups in total. The lowest BCUT2D eigenvalue weighted by molar-refractivity contribution is 0.107. The third kappa shape index (κ3) is 2.59. The van der Waals surface area contributed by atoms with Gasteiger partial charge in [-0.3, -0.25) is 0 Å². The summed E-state index contributed by atoms with van der Waals surface area (Å²) in [7, 11) is 0. The van der Waals surface area contributed by atoms with Crippen LogP contribution < -0.4 is 0 Å². The molecular formula is C13H18F2O. The molecule has 0 saturated carbocycles. The van der Waals surface area contributed by atoms with Crippen molar-refractivity contribution in [3.63, 3.8) is 0 Å². The minimum absolute atomic E-state index is 0.0593. The lowest BCUT2D eigenvalue weighted by atomic mass is 9.92. The molecule has 2 atom stereocenters. The molecule has 0 heterocycles. The Labute approximate surface area is 95.1 Å². The second-order valence-corrected chi connectivity index (χ2v) is 4.31. The van der Waals surface area contributed by atoms with Gasteiger partial charge in [-0.25, -0.2) is 8.78 Å². The first-order chi connectivity index (χ1) is 7.49. The molecule has 0 saturated heterocycles. The Balaban J connectivity index is 3.00. The third-order valence-corrected chi connectivity index (χ3v) is 2.91. The Morgan fingerprint density at radius 1 is 1.25 bits per heavy atom. The molecule has 1 aromatic rings. The molecule has 0 bridgehead atoms. The van der Waals surface area contributed by atoms with Crippen molar-refractivity contribution in [2.24, 2.45) is 5.92 Å². The predicted octanol–water partition coefficient (Wildman–Crippen LogP) is 3.74. The molecule has 3 heteroatoms. The maximum absolute atomic E-state index is 13.6. The van der Waals surface area contributed by atoms with Gasteiger partial charge in [0, 0.05) is 5.56 Å². The molecule has 0 fully saturated rings. The monoisotopic (exact) mass is 228 g/mol. The summed E-state index contributed by atoms with van der Waals surface area (Å²) >= 11 is 0. The topological polar surface area (TPSA) is 20.2 Å². The molecule has 0 aliphatic carbocycles. The van der Waals surface area contributed by atoms with E-state index in [0.717, 1.165) is 12.8 Å². The largest absolute Gasteiger partial charge is 0.388 e. The molecular weight excluding hydrogens is 210 g/mol. The van der Waals surface area contributed by atoms with Crippen LogP contribution in [-0.2, 0) is 0 Å². The van der Waals surface area contributed by atoms with Crippen LogP contribution in [0.1, 0.15) is 43.9 Å². The molecule has 1 rings (SSSR count). The van der Waals surface area contributed by atoms with Crippen LogP contribution in [0.15, 0.2) is 12.1 Å². The van der Waals surface area contributed by atoms with E-state index in [-0.39, 0.29) is 17.0 Å². The molecule has 1 aromatic carbocycles. The first-order valence-electron chi connectivity index (χ1n) is 5.61. The SMILES string of the molecule is CCCC(C)C(O)c1ccc(C)c(F)c1F. The molecule has 0 radical (unpaired) electrons. The molecule has 0 aliphatic heterocycles. The second-order valence-electron chi connectivity index (χ2n) is 4.31. The van der Waals surface area contributed by atoms with Gasteiger partial charge in [0.2, 0.25) is 0 Å². The van der Waals surface area contributed by atoms with E-state index in [4.69, 9.17) is 0 Å². The van der Waals surface area contributed by atoms with Crippen LogP contribution in [0.2, 0.25) is 0 Å². The summed E-state index contributed by atoms with van der Waals surface area (Å²) in [6.45, 7) is 5.34. The zero-order valence-electron chi connectivity index (χ0n) is 9.93. The van der Waals surface area contributed by atoms with E-state index >= 15 is 0 Å². The first-order valence-corrected chi connectivity index (χ1v) is 5.61. The average molecular weight is 228 g/mol. The molecule has 90 valence electrons. The van der Waals surface area contributed by atoms with Gasteiger partial charge in [-0.2, -0.15) is 0 Å². The smallest absolute Gasteiger partial charge is 0.164 e. The van der Waals surface area contributed by atoms with Crippen LogP contribution in [0.4, 0.5) is 8.78 Å². The van der Waals surface area contributed by atoms with Gasteiger partial charge in [0.1, 0.15) is 0 Å². The van der Waals surface area contributed by atoms with Gasteiger partial charge < -0.3 is 5.11 Å². The second kappa shape index (κ2) is 5.39. The lowest BCUT2D eigenvalue weighted by Crippen LogP contribution is -2.12. The number of halogens is 2. The van der Waals surface area contributed by atoms with Gasteiger partial charge >= 0.3 is 0 Å². The maximum Gasteiger partial charge on any atom is 0.164 e. The van der Waals surface area contributed by atoms with E-state index < -0.39 is 17.7 Å². The Bertz CT molecular complexity index is 363. The van der Waals surface area contributed by atoms with Gasteiger partial charge in [0.05, 0.1) is 6.10 Å². The Morgan fingerprint density at radius 3 is 2.44 bits per heavy atom. The van der Waals surface area contributed by atoms with Crippen molar-refractivity contribution in [1.29, 1.82) is 0 Å². The zero-order chi connectivity index (χ0) is 12.3. The average Bonchev–Trinajstić information content (AvgIpc) is 2.26. The van der Waals surface area contributed by atoms with E-state index in [9.17, 15) is 13.9 Å². The van der Waals surface area contributed by atoms with Gasteiger partial charge in [0.15, 0.2) is 11.6 Å². The number of hydrogen-bond acceptors (Lipinski definition) is 1. The highest BCUT2D eigenvalue weighted by Crippen LogP contribution is 2.29. The van der Waals surface area contributed by atoms with Crippen molar-refractivity contribution in [1.82, 2.24) is 0 Å². The van der Waals surface area contributed by atoms with Crippen molar-refractivity contribution in [3.8, 4) is 0 Å². The van der Waals surface area contributed by atoms with Gasteiger partial charge in [-0.15, -0.1) is 0 Å². The number of aliphatic hydroxyl groups is 1. The number of aryl methyl sites for hydroxylation is 1. The summed E-state index contributed by atoms with van der Waals surface area (Å²) in [5.74, 6) is -1.85. The highest BCUT2D eigenvalue weighted by atomic mass is 19.2. The summed E-state index contributed by atoms with van der Waals surface area (Å²) < 4.78 is 26.9. The van der Waals surface area contributed by atoms with Crippen molar-refractivity contribution in [3.05, 3.63) is 34.9 Å². The fraction of sp³-hybridized carbons (Fsp3) is 0.538. The zero-order valence-corrected chi connectivity index (χ0v) is 9.93. The highest BCUT2D eigenvalue weighted by molar-refractivity contribution is 5.27. The summed E-state index contributed by atoms with van der Waals surface area (Å²) in [4.78, 5) is 0. The quantitative estimate of drug-likeness (QED) is 0.832. The van der Waals surface area contributed by atoms with E-state index in [2.05, 4.69) is 0 Å². The van der Waals surface area contributed by atoms with Gasteiger partial charge in [-0.1, -0.05) is 32.4 Å². The Morgan fingerprint density at radius 2 is 1.88 bits per heavy atom. The van der Waals surface area contributed by atoms with Crippen molar-refractivity contribution >= 4 is 0 Å². The highest BCUT2D eigenvalue weighted by Gasteiger charge is 2.21. The molecule has 0 spiro atoms. The molecule has 0 aliphatic rings. The van der Waals surface area contributed by atoms with Crippen LogP contribution in [-0.4, -0.2) is 5.11 Å². The summed E-state index contributed by atoms with van der Waals surface area (Å²) in [6, 6.07) is 2.96. The van der Waals surface area contributed by atoms with Crippen LogP contribution >= 0.6 is 0 Å². The van der Waals surface area contributed by atoms with Crippen LogP contribution in [0.5, 0.6) is 0 Å². The summed E-state index contributed by atoms with van der Waals surface area (Å²) in [6.07, 6.45) is 0.764. The van der Waals surface area contributed by atoms with Crippen LogP contribution in [0.3, 0.4) is 0 Å². The number of aliphatic hydroxyl groups excluding tert-OH is 1. The van der Waals surface area contributed by atoms with Crippen molar-refractivity contribution in [2.45, 2.75) is 39.7 Å². The fourth-order valence-corrected chi connectivity index (χ4v) is 1.81. The van der Waals surface area contributed by atoms with Crippen LogP contribution in [0.25, 0.3) is 0 Å². The molecule has 0 aromatic heterocycles. The number of hydrogen-bond donors (Lipinski definition) is 1. The summed E-state index contributed by atoms with van der Waals surface area (Å²) in [5.41, 5.74) is 0.320. The third-order valence-electron chi connectivity index (χ3n) is 2.91. The number of benzene rings is 1. The maximum atomic E-state index is 13.6. The van der Waals surface area contributed by atoms with Crippen molar-refractivity contribution in [2.75, 3.05) is 0 Å². The minimum Gasteiger partial charge on any atom is -0.388 e. The molecule has 2 unspecified atom stereocenters. The molecule has 16 heavy (non-hydrogen) atoms. The van der Waals surface area contributed by atoms with Crippen molar-refractivity contribution < 1.29 is 13.9 Å². The lowest BCUT2D eigenvalue weighted by Gasteiger charge is -2.19. The van der Waals surface area contributed by atoms with E-state index in [1.54, 1.807) is 0 Å². The van der Waals surface area contributed by atoms with E-state index in [0.29, 0.717) is 0 Å². The fourth-order valence-electron chi connectivity index (χ4n) is 1.81. The Kier molecular flexibility index (Phi) is 4.42. The molecule has 0 amide bonds. The minimum atomic E-state index is -0.935. The molecule has 1 nitrogen and oxygen atoms in total. The predicted molar refractivity (Wildman–Crippen MR) is 60.1 cm³/mol. The number of rotatable bonds is 4.